The van der Waals surface area contributed by atoms with Crippen LogP contribution in [0.4, 0.5) is 0 Å². The van der Waals surface area contributed by atoms with Crippen LogP contribution in [-0.2, 0) is 4.79 Å². The maximum absolute atomic E-state index is 11.0. The van der Waals surface area contributed by atoms with Gasteiger partial charge in [0.15, 0.2) is 11.5 Å². The van der Waals surface area contributed by atoms with Crippen LogP contribution in [0.2, 0.25) is 0 Å². The number of aliphatic carboxylic acids is 1. The SMILES string of the molecule is CC1(C(=O)O)CC1c1ccc2c(c1)OCO2. The van der Waals surface area contributed by atoms with E-state index < -0.39 is 11.4 Å². The van der Waals surface area contributed by atoms with E-state index in [2.05, 4.69) is 0 Å². The monoisotopic (exact) mass is 220 g/mol. The molecule has 1 N–H and O–H groups in total. The van der Waals surface area contributed by atoms with Gasteiger partial charge in [0.25, 0.3) is 0 Å². The van der Waals surface area contributed by atoms with E-state index >= 15 is 0 Å². The number of carboxylic acids is 1. The minimum Gasteiger partial charge on any atom is -0.481 e. The van der Waals surface area contributed by atoms with Crippen molar-refractivity contribution in [3.63, 3.8) is 0 Å². The summed E-state index contributed by atoms with van der Waals surface area (Å²) in [6.07, 6.45) is 0.696. The summed E-state index contributed by atoms with van der Waals surface area (Å²) in [5.74, 6) is 0.827. The number of rotatable bonds is 2. The van der Waals surface area contributed by atoms with E-state index in [0.717, 1.165) is 17.1 Å². The van der Waals surface area contributed by atoms with Gasteiger partial charge in [-0.25, -0.2) is 0 Å². The molecule has 1 aromatic carbocycles. The smallest absolute Gasteiger partial charge is 0.309 e. The summed E-state index contributed by atoms with van der Waals surface area (Å²) in [4.78, 5) is 11.0. The van der Waals surface area contributed by atoms with Crippen LogP contribution in [0.15, 0.2) is 18.2 Å². The zero-order valence-electron chi connectivity index (χ0n) is 8.90. The highest BCUT2D eigenvalue weighted by Crippen LogP contribution is 2.59. The zero-order chi connectivity index (χ0) is 11.3. The van der Waals surface area contributed by atoms with Crippen LogP contribution in [0.25, 0.3) is 0 Å². The Morgan fingerprint density at radius 1 is 1.44 bits per heavy atom. The van der Waals surface area contributed by atoms with E-state index in [1.54, 1.807) is 6.92 Å². The lowest BCUT2D eigenvalue weighted by Crippen LogP contribution is -2.12. The highest BCUT2D eigenvalue weighted by atomic mass is 16.7. The van der Waals surface area contributed by atoms with Gasteiger partial charge < -0.3 is 14.6 Å². The molecule has 0 aromatic heterocycles. The molecule has 0 saturated heterocycles. The molecule has 3 rings (SSSR count). The highest BCUT2D eigenvalue weighted by molar-refractivity contribution is 5.80. The highest BCUT2D eigenvalue weighted by Gasteiger charge is 2.57. The lowest BCUT2D eigenvalue weighted by atomic mass is 10.0. The predicted octanol–water partition coefficient (Wildman–Crippen LogP) is 1.99. The number of ether oxygens (including phenoxy) is 2. The largest absolute Gasteiger partial charge is 0.481 e. The first kappa shape index (κ1) is 9.51. The van der Waals surface area contributed by atoms with E-state index in [-0.39, 0.29) is 12.7 Å². The normalized spacial score (nSPS) is 30.2. The number of hydrogen-bond donors (Lipinski definition) is 1. The summed E-state index contributed by atoms with van der Waals surface area (Å²) in [6, 6.07) is 5.66. The molecule has 2 unspecified atom stereocenters. The summed E-state index contributed by atoms with van der Waals surface area (Å²) < 4.78 is 10.5. The van der Waals surface area contributed by atoms with Gasteiger partial charge in [-0.05, 0) is 31.0 Å². The van der Waals surface area contributed by atoms with Crippen molar-refractivity contribution in [2.45, 2.75) is 19.3 Å². The third kappa shape index (κ3) is 1.19. The molecule has 4 nitrogen and oxygen atoms in total. The maximum atomic E-state index is 11.0. The summed E-state index contributed by atoms with van der Waals surface area (Å²) in [7, 11) is 0. The summed E-state index contributed by atoms with van der Waals surface area (Å²) in [6.45, 7) is 2.03. The van der Waals surface area contributed by atoms with Gasteiger partial charge in [0.1, 0.15) is 0 Å². The van der Waals surface area contributed by atoms with Crippen LogP contribution in [0.1, 0.15) is 24.8 Å². The van der Waals surface area contributed by atoms with Gasteiger partial charge in [-0.15, -0.1) is 0 Å². The van der Waals surface area contributed by atoms with Gasteiger partial charge in [0.05, 0.1) is 5.41 Å². The second-order valence-electron chi connectivity index (χ2n) is 4.59. The minimum atomic E-state index is -0.727. The van der Waals surface area contributed by atoms with Crippen molar-refractivity contribution in [3.05, 3.63) is 23.8 Å². The Bertz CT molecular complexity index is 468. The Hall–Kier alpha value is -1.71. The molecule has 0 bridgehead atoms. The van der Waals surface area contributed by atoms with Crippen LogP contribution in [0.5, 0.6) is 11.5 Å². The molecule has 0 radical (unpaired) electrons. The molecule has 16 heavy (non-hydrogen) atoms. The number of fused-ring (bicyclic) bond motifs is 1. The van der Waals surface area contributed by atoms with E-state index in [1.807, 2.05) is 18.2 Å². The van der Waals surface area contributed by atoms with Gasteiger partial charge in [-0.1, -0.05) is 6.07 Å². The Balaban J connectivity index is 1.90. The summed E-state index contributed by atoms with van der Waals surface area (Å²) in [5, 5.41) is 9.08. The van der Waals surface area contributed by atoms with Crippen molar-refractivity contribution in [2.24, 2.45) is 5.41 Å². The molecule has 1 heterocycles. The first-order valence-corrected chi connectivity index (χ1v) is 5.24. The minimum absolute atomic E-state index is 0.0968. The van der Waals surface area contributed by atoms with Crippen molar-refractivity contribution in [3.8, 4) is 11.5 Å². The molecule has 0 amide bonds. The lowest BCUT2D eigenvalue weighted by molar-refractivity contribution is -0.142. The molecular weight excluding hydrogens is 208 g/mol. The molecule has 1 saturated carbocycles. The van der Waals surface area contributed by atoms with E-state index in [1.165, 1.54) is 0 Å². The van der Waals surface area contributed by atoms with E-state index in [0.29, 0.717) is 6.42 Å². The average Bonchev–Trinajstić information content (AvgIpc) is 2.75. The first-order chi connectivity index (χ1) is 7.61. The fourth-order valence-electron chi connectivity index (χ4n) is 2.22. The first-order valence-electron chi connectivity index (χ1n) is 5.24. The predicted molar refractivity (Wildman–Crippen MR) is 55.7 cm³/mol. The van der Waals surface area contributed by atoms with Gasteiger partial charge >= 0.3 is 5.97 Å². The molecule has 1 fully saturated rings. The molecule has 4 heteroatoms. The molecule has 2 atom stereocenters. The fraction of sp³-hybridized carbons (Fsp3) is 0.417. The Morgan fingerprint density at radius 3 is 2.88 bits per heavy atom. The van der Waals surface area contributed by atoms with Crippen LogP contribution in [-0.4, -0.2) is 17.9 Å². The third-order valence-electron chi connectivity index (χ3n) is 3.52. The van der Waals surface area contributed by atoms with E-state index in [9.17, 15) is 4.79 Å². The molecule has 84 valence electrons. The van der Waals surface area contributed by atoms with Crippen molar-refractivity contribution < 1.29 is 19.4 Å². The summed E-state index contributed by atoms with van der Waals surface area (Å²) >= 11 is 0. The maximum Gasteiger partial charge on any atom is 0.309 e. The molecule has 1 aliphatic heterocycles. The number of carbonyl (C=O) groups is 1. The van der Waals surface area contributed by atoms with Crippen LogP contribution < -0.4 is 9.47 Å². The Morgan fingerprint density at radius 2 is 2.19 bits per heavy atom. The molecule has 2 aliphatic rings. The van der Waals surface area contributed by atoms with Crippen molar-refractivity contribution in [1.29, 1.82) is 0 Å². The van der Waals surface area contributed by atoms with Crippen LogP contribution >= 0.6 is 0 Å². The zero-order valence-corrected chi connectivity index (χ0v) is 8.90. The number of hydrogen-bond acceptors (Lipinski definition) is 3. The number of benzene rings is 1. The second-order valence-corrected chi connectivity index (χ2v) is 4.59. The van der Waals surface area contributed by atoms with Crippen LogP contribution in [0.3, 0.4) is 0 Å². The van der Waals surface area contributed by atoms with Crippen LogP contribution in [0, 0.1) is 5.41 Å². The second kappa shape index (κ2) is 2.90. The topological polar surface area (TPSA) is 55.8 Å². The fourth-order valence-corrected chi connectivity index (χ4v) is 2.22. The van der Waals surface area contributed by atoms with Gasteiger partial charge in [0, 0.05) is 5.92 Å². The number of carboxylic acid groups (broad SMARTS) is 1. The molecular formula is C12H12O4. The van der Waals surface area contributed by atoms with E-state index in [4.69, 9.17) is 14.6 Å². The lowest BCUT2D eigenvalue weighted by Gasteiger charge is -2.06. The Kier molecular flexibility index (Phi) is 1.73. The molecule has 1 aliphatic carbocycles. The van der Waals surface area contributed by atoms with Crippen molar-refractivity contribution >= 4 is 5.97 Å². The van der Waals surface area contributed by atoms with Gasteiger partial charge in [-0.3, -0.25) is 4.79 Å². The molecule has 1 aromatic rings. The summed E-state index contributed by atoms with van der Waals surface area (Å²) in [5.41, 5.74) is 0.419. The molecule has 0 spiro atoms. The Labute approximate surface area is 92.8 Å². The van der Waals surface area contributed by atoms with Crippen molar-refractivity contribution in [1.82, 2.24) is 0 Å². The quantitative estimate of drug-likeness (QED) is 0.828. The van der Waals surface area contributed by atoms with Gasteiger partial charge in [0.2, 0.25) is 6.79 Å². The van der Waals surface area contributed by atoms with Gasteiger partial charge in [-0.2, -0.15) is 0 Å². The van der Waals surface area contributed by atoms with Crippen molar-refractivity contribution in [2.75, 3.05) is 6.79 Å². The average molecular weight is 220 g/mol. The standard InChI is InChI=1S/C12H12O4/c1-12(11(13)14)5-8(12)7-2-3-9-10(4-7)16-6-15-9/h2-4,8H,5-6H2,1H3,(H,13,14). The third-order valence-corrected chi connectivity index (χ3v) is 3.52.